The molecule has 1 aliphatic heterocycles. The molecule has 5 heteroatoms. The first-order chi connectivity index (χ1) is 10.3. The van der Waals surface area contributed by atoms with Gasteiger partial charge in [-0.3, -0.25) is 0 Å². The van der Waals surface area contributed by atoms with Crippen LogP contribution in [-0.4, -0.2) is 43.3 Å². The Morgan fingerprint density at radius 3 is 2.48 bits per heavy atom. The summed E-state index contributed by atoms with van der Waals surface area (Å²) in [6.45, 7) is 6.17. The zero-order chi connectivity index (χ0) is 14.7. The molecule has 0 aliphatic carbocycles. The van der Waals surface area contributed by atoms with Gasteiger partial charge in [-0.05, 0) is 24.6 Å². The molecule has 2 aromatic rings. The summed E-state index contributed by atoms with van der Waals surface area (Å²) in [6, 6.07) is 8.55. The molecular weight excluding hydrogens is 264 g/mol. The van der Waals surface area contributed by atoms with E-state index >= 15 is 0 Å². The van der Waals surface area contributed by atoms with Gasteiger partial charge in [-0.2, -0.15) is 0 Å². The van der Waals surface area contributed by atoms with E-state index in [9.17, 15) is 0 Å². The van der Waals surface area contributed by atoms with E-state index in [2.05, 4.69) is 44.5 Å². The Morgan fingerprint density at radius 1 is 1.10 bits per heavy atom. The third-order valence-corrected chi connectivity index (χ3v) is 3.83. The van der Waals surface area contributed by atoms with Crippen LogP contribution in [0.15, 0.2) is 30.6 Å². The van der Waals surface area contributed by atoms with Crippen LogP contribution in [0.25, 0.3) is 11.1 Å². The highest BCUT2D eigenvalue weighted by atomic mass is 16.5. The van der Waals surface area contributed by atoms with Gasteiger partial charge in [0.25, 0.3) is 0 Å². The van der Waals surface area contributed by atoms with Crippen molar-refractivity contribution in [3.8, 4) is 17.0 Å². The van der Waals surface area contributed by atoms with Gasteiger partial charge in [-0.25, -0.2) is 9.97 Å². The molecule has 1 saturated heterocycles. The molecule has 1 N–H and O–H groups in total. The molecule has 0 radical (unpaired) electrons. The molecule has 2 heterocycles. The molecule has 1 aliphatic rings. The van der Waals surface area contributed by atoms with E-state index < -0.39 is 0 Å². The number of nitrogens with one attached hydrogen (secondary N) is 1. The van der Waals surface area contributed by atoms with Crippen molar-refractivity contribution in [3.63, 3.8) is 0 Å². The summed E-state index contributed by atoms with van der Waals surface area (Å²) in [5, 5.41) is 3.37. The highest BCUT2D eigenvalue weighted by Gasteiger charge is 2.13. The average molecular weight is 284 g/mol. The van der Waals surface area contributed by atoms with Crippen LogP contribution in [0.2, 0.25) is 0 Å². The summed E-state index contributed by atoms with van der Waals surface area (Å²) in [5.41, 5.74) is 4.24. The molecule has 0 amide bonds. The lowest BCUT2D eigenvalue weighted by atomic mass is 10.0. The van der Waals surface area contributed by atoms with Crippen LogP contribution >= 0.6 is 0 Å². The number of piperazine rings is 1. The molecule has 3 rings (SSSR count). The third-order valence-electron chi connectivity index (χ3n) is 3.83. The lowest BCUT2D eigenvalue weighted by Crippen LogP contribution is -2.43. The summed E-state index contributed by atoms with van der Waals surface area (Å²) >= 11 is 0. The van der Waals surface area contributed by atoms with Crippen molar-refractivity contribution in [1.29, 1.82) is 0 Å². The third kappa shape index (κ3) is 2.83. The van der Waals surface area contributed by atoms with Gasteiger partial charge in [0.2, 0.25) is 5.88 Å². The average Bonchev–Trinajstić information content (AvgIpc) is 2.55. The zero-order valence-electron chi connectivity index (χ0n) is 12.5. The van der Waals surface area contributed by atoms with Crippen molar-refractivity contribution in [3.05, 3.63) is 36.3 Å². The van der Waals surface area contributed by atoms with Crippen molar-refractivity contribution in [2.24, 2.45) is 0 Å². The van der Waals surface area contributed by atoms with Crippen LogP contribution in [0.5, 0.6) is 5.88 Å². The number of rotatable bonds is 3. The van der Waals surface area contributed by atoms with Gasteiger partial charge in [-0.15, -0.1) is 0 Å². The van der Waals surface area contributed by atoms with Gasteiger partial charge in [0.15, 0.2) is 0 Å². The van der Waals surface area contributed by atoms with Crippen LogP contribution in [-0.2, 0) is 0 Å². The molecular formula is C16H20N4O. The monoisotopic (exact) mass is 284 g/mol. The number of anilines is 1. The van der Waals surface area contributed by atoms with Gasteiger partial charge >= 0.3 is 0 Å². The zero-order valence-corrected chi connectivity index (χ0v) is 12.5. The number of hydrogen-bond acceptors (Lipinski definition) is 5. The van der Waals surface area contributed by atoms with E-state index in [-0.39, 0.29) is 0 Å². The Morgan fingerprint density at radius 2 is 1.81 bits per heavy atom. The van der Waals surface area contributed by atoms with E-state index in [1.165, 1.54) is 12.0 Å². The Bertz CT molecular complexity index is 606. The Kier molecular flexibility index (Phi) is 4.01. The first kappa shape index (κ1) is 13.8. The predicted molar refractivity (Wildman–Crippen MR) is 83.8 cm³/mol. The second-order valence-corrected chi connectivity index (χ2v) is 5.13. The number of nitrogens with zero attached hydrogens (tertiary/aromatic N) is 3. The standard InChI is InChI=1S/C16H20N4O/c1-12-15(16(21-2)19-11-18-12)13-3-5-14(6-4-13)20-9-7-17-8-10-20/h3-6,11,17H,7-10H2,1-2H3. The van der Waals surface area contributed by atoms with Crippen LogP contribution in [0.1, 0.15) is 5.69 Å². The number of hydrogen-bond donors (Lipinski definition) is 1. The fourth-order valence-electron chi connectivity index (χ4n) is 2.70. The number of aryl methyl sites for hydroxylation is 1. The maximum atomic E-state index is 5.36. The summed E-state index contributed by atoms with van der Waals surface area (Å²) in [4.78, 5) is 10.9. The largest absolute Gasteiger partial charge is 0.480 e. The summed E-state index contributed by atoms with van der Waals surface area (Å²) in [7, 11) is 1.64. The summed E-state index contributed by atoms with van der Waals surface area (Å²) < 4.78 is 5.36. The molecule has 110 valence electrons. The van der Waals surface area contributed by atoms with Gasteiger partial charge in [0, 0.05) is 31.9 Å². The predicted octanol–water partition coefficient (Wildman–Crippen LogP) is 1.87. The van der Waals surface area contributed by atoms with E-state index in [4.69, 9.17) is 4.74 Å². The Hall–Kier alpha value is -2.14. The van der Waals surface area contributed by atoms with Crippen LogP contribution in [0.3, 0.4) is 0 Å². The number of methoxy groups -OCH3 is 1. The first-order valence-corrected chi connectivity index (χ1v) is 7.21. The lowest BCUT2D eigenvalue weighted by molar-refractivity contribution is 0.398. The maximum absolute atomic E-state index is 5.36. The normalized spacial score (nSPS) is 15.0. The van der Waals surface area contributed by atoms with Gasteiger partial charge < -0.3 is 15.0 Å². The minimum Gasteiger partial charge on any atom is -0.480 e. The molecule has 1 aromatic heterocycles. The SMILES string of the molecule is COc1ncnc(C)c1-c1ccc(N2CCNCC2)cc1. The van der Waals surface area contributed by atoms with Crippen molar-refractivity contribution >= 4 is 5.69 Å². The molecule has 0 unspecified atom stereocenters. The van der Waals surface area contributed by atoms with Crippen molar-refractivity contribution in [2.75, 3.05) is 38.2 Å². The number of benzene rings is 1. The highest BCUT2D eigenvalue weighted by molar-refractivity contribution is 5.72. The molecule has 1 fully saturated rings. The molecule has 1 aromatic carbocycles. The van der Waals surface area contributed by atoms with E-state index in [1.54, 1.807) is 7.11 Å². The van der Waals surface area contributed by atoms with Gasteiger partial charge in [0.05, 0.1) is 18.4 Å². The second-order valence-electron chi connectivity index (χ2n) is 5.13. The summed E-state index contributed by atoms with van der Waals surface area (Å²) in [5.74, 6) is 0.623. The topological polar surface area (TPSA) is 50.3 Å². The quantitative estimate of drug-likeness (QED) is 0.932. The van der Waals surface area contributed by atoms with E-state index in [0.29, 0.717) is 5.88 Å². The fraction of sp³-hybridized carbons (Fsp3) is 0.375. The maximum Gasteiger partial charge on any atom is 0.224 e. The van der Waals surface area contributed by atoms with Gasteiger partial charge in [0.1, 0.15) is 6.33 Å². The van der Waals surface area contributed by atoms with Crippen molar-refractivity contribution < 1.29 is 4.74 Å². The molecule has 21 heavy (non-hydrogen) atoms. The van der Waals surface area contributed by atoms with E-state index in [0.717, 1.165) is 43.0 Å². The minimum atomic E-state index is 0.623. The summed E-state index contributed by atoms with van der Waals surface area (Å²) in [6.07, 6.45) is 1.53. The fourth-order valence-corrected chi connectivity index (χ4v) is 2.70. The molecule has 0 saturated carbocycles. The van der Waals surface area contributed by atoms with Crippen LogP contribution in [0, 0.1) is 6.92 Å². The Balaban J connectivity index is 1.90. The van der Waals surface area contributed by atoms with Crippen molar-refractivity contribution in [2.45, 2.75) is 6.92 Å². The highest BCUT2D eigenvalue weighted by Crippen LogP contribution is 2.31. The molecule has 0 spiro atoms. The van der Waals surface area contributed by atoms with E-state index in [1.807, 2.05) is 6.92 Å². The van der Waals surface area contributed by atoms with Gasteiger partial charge in [-0.1, -0.05) is 12.1 Å². The number of aromatic nitrogens is 2. The molecule has 0 bridgehead atoms. The minimum absolute atomic E-state index is 0.623. The molecule has 0 atom stereocenters. The molecule has 5 nitrogen and oxygen atoms in total. The van der Waals surface area contributed by atoms with Crippen LogP contribution < -0.4 is 15.0 Å². The lowest BCUT2D eigenvalue weighted by Gasteiger charge is -2.29. The smallest absolute Gasteiger partial charge is 0.224 e. The van der Waals surface area contributed by atoms with Crippen LogP contribution in [0.4, 0.5) is 5.69 Å². The second kappa shape index (κ2) is 6.10. The van der Waals surface area contributed by atoms with Crippen molar-refractivity contribution in [1.82, 2.24) is 15.3 Å². The number of ether oxygens (including phenoxy) is 1. The first-order valence-electron chi connectivity index (χ1n) is 7.21. The Labute approximate surface area is 125 Å².